The van der Waals surface area contributed by atoms with Gasteiger partial charge in [0.2, 0.25) is 5.95 Å². The average molecular weight is 422 g/mol. The zero-order valence-corrected chi connectivity index (χ0v) is 17.8. The number of aromatic amines is 1. The van der Waals surface area contributed by atoms with E-state index in [9.17, 15) is 9.59 Å². The lowest BCUT2D eigenvalue weighted by Crippen LogP contribution is -2.47. The number of rotatable bonds is 3. The smallest absolute Gasteiger partial charge is 0.255 e. The van der Waals surface area contributed by atoms with Crippen LogP contribution < -0.4 is 15.9 Å². The molecule has 31 heavy (non-hydrogen) atoms. The minimum Gasteiger partial charge on any atom is -0.464 e. The second-order valence-electron chi connectivity index (χ2n) is 8.52. The van der Waals surface area contributed by atoms with E-state index in [2.05, 4.69) is 14.8 Å². The van der Waals surface area contributed by atoms with Crippen LogP contribution in [0.2, 0.25) is 0 Å². The molecular formula is C23H26N4O4. The Labute approximate surface area is 179 Å². The third kappa shape index (κ3) is 3.88. The van der Waals surface area contributed by atoms with Gasteiger partial charge in [-0.05, 0) is 32.4 Å². The standard InChI is InChI=1S/C23H26N4O4/c1-14-9-27(10-15(2)31-14)23-24-19-12-26(8-7-17(19)22(29)25-23)11-16-13-30-20-6-4-3-5-18(20)21(16)28/h3-6,13-15H,7-12H2,1-2H3,(H,24,25,29)/t14-,15+. The number of morpholine rings is 1. The Bertz CT molecular complexity index is 1220. The predicted octanol–water partition coefficient (Wildman–Crippen LogP) is 2.05. The van der Waals surface area contributed by atoms with Gasteiger partial charge in [0, 0.05) is 43.9 Å². The van der Waals surface area contributed by atoms with Crippen LogP contribution >= 0.6 is 0 Å². The molecule has 8 nitrogen and oxygen atoms in total. The van der Waals surface area contributed by atoms with E-state index in [1.807, 2.05) is 26.0 Å². The van der Waals surface area contributed by atoms with Gasteiger partial charge in [0.05, 0.1) is 29.6 Å². The fraction of sp³-hybridized carbons (Fsp3) is 0.435. The molecule has 0 amide bonds. The van der Waals surface area contributed by atoms with Gasteiger partial charge < -0.3 is 14.1 Å². The minimum absolute atomic E-state index is 0.0107. The molecule has 1 N–H and O–H groups in total. The highest BCUT2D eigenvalue weighted by Crippen LogP contribution is 2.21. The number of fused-ring (bicyclic) bond motifs is 2. The minimum atomic E-state index is -0.0725. The summed E-state index contributed by atoms with van der Waals surface area (Å²) in [5.41, 5.74) is 2.64. The summed E-state index contributed by atoms with van der Waals surface area (Å²) in [6, 6.07) is 7.27. The number of H-pyrrole nitrogens is 1. The molecule has 4 heterocycles. The Morgan fingerprint density at radius 3 is 2.74 bits per heavy atom. The van der Waals surface area contributed by atoms with Crippen molar-refractivity contribution in [2.45, 2.75) is 45.6 Å². The fourth-order valence-electron chi connectivity index (χ4n) is 4.58. The Morgan fingerprint density at radius 1 is 1.16 bits per heavy atom. The van der Waals surface area contributed by atoms with E-state index in [-0.39, 0.29) is 23.2 Å². The molecule has 3 aromatic rings. The molecule has 2 atom stereocenters. The monoisotopic (exact) mass is 422 g/mol. The quantitative estimate of drug-likeness (QED) is 0.691. The number of nitrogens with zero attached hydrogens (tertiary/aromatic N) is 3. The van der Waals surface area contributed by atoms with Crippen molar-refractivity contribution in [2.24, 2.45) is 0 Å². The summed E-state index contributed by atoms with van der Waals surface area (Å²) in [4.78, 5) is 37.6. The highest BCUT2D eigenvalue weighted by molar-refractivity contribution is 5.76. The van der Waals surface area contributed by atoms with E-state index < -0.39 is 0 Å². The largest absolute Gasteiger partial charge is 0.464 e. The topological polar surface area (TPSA) is 91.7 Å². The number of ether oxygens (including phenoxy) is 1. The molecule has 2 aliphatic rings. The molecule has 2 aliphatic heterocycles. The molecule has 0 saturated carbocycles. The van der Waals surface area contributed by atoms with Crippen molar-refractivity contribution in [2.75, 3.05) is 24.5 Å². The third-order valence-electron chi connectivity index (χ3n) is 6.00. The molecule has 5 rings (SSSR count). The van der Waals surface area contributed by atoms with Crippen LogP contribution in [0.4, 0.5) is 5.95 Å². The van der Waals surface area contributed by atoms with Crippen LogP contribution in [0.15, 0.2) is 44.5 Å². The first kappa shape index (κ1) is 20.0. The lowest BCUT2D eigenvalue weighted by molar-refractivity contribution is -0.00576. The first-order chi connectivity index (χ1) is 15.0. The van der Waals surface area contributed by atoms with Crippen molar-refractivity contribution in [1.82, 2.24) is 14.9 Å². The number of aromatic nitrogens is 2. The number of anilines is 1. The van der Waals surface area contributed by atoms with Gasteiger partial charge in [0.15, 0.2) is 5.43 Å². The molecule has 1 fully saturated rings. The summed E-state index contributed by atoms with van der Waals surface area (Å²) < 4.78 is 11.5. The molecule has 2 aromatic heterocycles. The van der Waals surface area contributed by atoms with Gasteiger partial charge >= 0.3 is 0 Å². The summed E-state index contributed by atoms with van der Waals surface area (Å²) in [6.07, 6.45) is 2.31. The molecule has 1 saturated heterocycles. The van der Waals surface area contributed by atoms with Crippen molar-refractivity contribution in [3.05, 3.63) is 67.9 Å². The highest BCUT2D eigenvalue weighted by Gasteiger charge is 2.27. The molecule has 8 heteroatoms. The van der Waals surface area contributed by atoms with Crippen molar-refractivity contribution in [1.29, 1.82) is 0 Å². The van der Waals surface area contributed by atoms with E-state index in [4.69, 9.17) is 14.1 Å². The van der Waals surface area contributed by atoms with Crippen LogP contribution in [-0.2, 0) is 24.2 Å². The van der Waals surface area contributed by atoms with Gasteiger partial charge in [-0.3, -0.25) is 19.5 Å². The molecule has 0 bridgehead atoms. The van der Waals surface area contributed by atoms with Crippen LogP contribution in [0, 0.1) is 0 Å². The lowest BCUT2D eigenvalue weighted by atomic mass is 10.1. The predicted molar refractivity (Wildman–Crippen MR) is 117 cm³/mol. The Hall–Kier alpha value is -2.97. The van der Waals surface area contributed by atoms with Gasteiger partial charge in [0.1, 0.15) is 5.58 Å². The molecule has 0 aliphatic carbocycles. The van der Waals surface area contributed by atoms with E-state index >= 15 is 0 Å². The number of nitrogens with one attached hydrogen (secondary N) is 1. The van der Waals surface area contributed by atoms with E-state index in [0.717, 1.165) is 11.3 Å². The fourth-order valence-corrected chi connectivity index (χ4v) is 4.58. The van der Waals surface area contributed by atoms with Crippen LogP contribution in [0.1, 0.15) is 30.7 Å². The Balaban J connectivity index is 1.40. The number of hydrogen-bond acceptors (Lipinski definition) is 7. The molecule has 1 aromatic carbocycles. The SMILES string of the molecule is C[C@@H]1CN(c2nc3c(c(=O)[nH]2)CCN(Cc2coc4ccccc4c2=O)C3)C[C@H](C)O1. The second kappa shape index (κ2) is 7.94. The Morgan fingerprint density at radius 2 is 1.94 bits per heavy atom. The van der Waals surface area contributed by atoms with Gasteiger partial charge in [0.25, 0.3) is 5.56 Å². The third-order valence-corrected chi connectivity index (χ3v) is 6.00. The molecule has 0 unspecified atom stereocenters. The number of para-hydroxylation sites is 1. The first-order valence-electron chi connectivity index (χ1n) is 10.7. The summed E-state index contributed by atoms with van der Waals surface area (Å²) in [7, 11) is 0. The Kier molecular flexibility index (Phi) is 5.11. The van der Waals surface area contributed by atoms with Crippen LogP contribution in [0.25, 0.3) is 11.0 Å². The summed E-state index contributed by atoms with van der Waals surface area (Å²) in [6.45, 7) is 7.10. The van der Waals surface area contributed by atoms with Crippen LogP contribution in [0.5, 0.6) is 0 Å². The van der Waals surface area contributed by atoms with Crippen molar-refractivity contribution in [3.8, 4) is 0 Å². The maximum Gasteiger partial charge on any atom is 0.255 e. The average Bonchev–Trinajstić information content (AvgIpc) is 2.75. The van der Waals surface area contributed by atoms with Gasteiger partial charge in [-0.2, -0.15) is 0 Å². The highest BCUT2D eigenvalue weighted by atomic mass is 16.5. The first-order valence-corrected chi connectivity index (χ1v) is 10.7. The van der Waals surface area contributed by atoms with Crippen LogP contribution in [-0.4, -0.2) is 46.7 Å². The molecule has 0 radical (unpaired) electrons. The van der Waals surface area contributed by atoms with E-state index in [0.29, 0.717) is 61.6 Å². The molecule has 0 spiro atoms. The van der Waals surface area contributed by atoms with E-state index in [1.54, 1.807) is 18.4 Å². The zero-order valence-electron chi connectivity index (χ0n) is 17.8. The van der Waals surface area contributed by atoms with Gasteiger partial charge in [-0.15, -0.1) is 0 Å². The molecular weight excluding hydrogens is 396 g/mol. The van der Waals surface area contributed by atoms with E-state index in [1.165, 1.54) is 0 Å². The second-order valence-corrected chi connectivity index (χ2v) is 8.52. The molecule has 162 valence electrons. The summed E-state index contributed by atoms with van der Waals surface area (Å²) in [5, 5.41) is 0.588. The van der Waals surface area contributed by atoms with Crippen molar-refractivity contribution >= 4 is 16.9 Å². The number of hydrogen-bond donors (Lipinski definition) is 1. The maximum atomic E-state index is 12.8. The summed E-state index contributed by atoms with van der Waals surface area (Å²) >= 11 is 0. The normalized spacial score (nSPS) is 21.9. The zero-order chi connectivity index (χ0) is 21.5. The van der Waals surface area contributed by atoms with Gasteiger partial charge in [-0.25, -0.2) is 4.98 Å². The van der Waals surface area contributed by atoms with Crippen molar-refractivity contribution < 1.29 is 9.15 Å². The summed E-state index contributed by atoms with van der Waals surface area (Å²) in [5.74, 6) is 0.595. The number of benzene rings is 1. The van der Waals surface area contributed by atoms with Gasteiger partial charge in [-0.1, -0.05) is 12.1 Å². The maximum absolute atomic E-state index is 12.8. The lowest BCUT2D eigenvalue weighted by Gasteiger charge is -2.36. The van der Waals surface area contributed by atoms with Crippen molar-refractivity contribution in [3.63, 3.8) is 0 Å². The van der Waals surface area contributed by atoms with Crippen LogP contribution in [0.3, 0.4) is 0 Å².